The maximum Gasteiger partial charge on any atom is 0.494 e. The number of hydrogen-bond donors (Lipinski definition) is 2. The van der Waals surface area contributed by atoms with Gasteiger partial charge in [0.2, 0.25) is 0 Å². The standard InChI is InChI=1S/C25H36BN3O4/c1-22(2,3)31-21(30)29-16-8-15-25(29,27)20-14-13-19(28-20)17-9-11-18(12-10-17)26-32-23(4,5)24(6,7)33-26/h9-14,28H,8,15-16,27H2,1-7H3/t25-/m0/s1. The third-order valence-corrected chi connectivity index (χ3v) is 6.93. The summed E-state index contributed by atoms with van der Waals surface area (Å²) in [6.45, 7) is 14.4. The molecular weight excluding hydrogens is 417 g/mol. The summed E-state index contributed by atoms with van der Waals surface area (Å²) in [5, 5.41) is 0. The van der Waals surface area contributed by atoms with Crippen LogP contribution in [0, 0.1) is 0 Å². The Labute approximate surface area is 197 Å². The Morgan fingerprint density at radius 3 is 2.24 bits per heavy atom. The van der Waals surface area contributed by atoms with Crippen molar-refractivity contribution in [1.29, 1.82) is 0 Å². The van der Waals surface area contributed by atoms with Gasteiger partial charge in [-0.25, -0.2) is 4.79 Å². The van der Waals surface area contributed by atoms with E-state index in [0.717, 1.165) is 28.8 Å². The first kappa shape index (κ1) is 23.9. The number of carbonyl (C=O) groups excluding carboxylic acids is 1. The molecule has 1 aromatic heterocycles. The minimum Gasteiger partial charge on any atom is -0.444 e. The summed E-state index contributed by atoms with van der Waals surface area (Å²) in [4.78, 5) is 17.8. The number of hydrogen-bond acceptors (Lipinski definition) is 5. The molecule has 2 aliphatic heterocycles. The Morgan fingerprint density at radius 2 is 1.67 bits per heavy atom. The molecule has 0 aliphatic carbocycles. The molecule has 0 saturated carbocycles. The maximum atomic E-state index is 12.8. The normalized spacial score (nSPS) is 24.4. The van der Waals surface area contributed by atoms with Gasteiger partial charge in [0.1, 0.15) is 11.3 Å². The van der Waals surface area contributed by atoms with Gasteiger partial charge in [-0.3, -0.25) is 4.90 Å². The number of likely N-dealkylation sites (tertiary alicyclic amines) is 1. The van der Waals surface area contributed by atoms with Crippen molar-refractivity contribution in [3.05, 3.63) is 42.1 Å². The van der Waals surface area contributed by atoms with Crippen LogP contribution >= 0.6 is 0 Å². The van der Waals surface area contributed by atoms with Gasteiger partial charge in [-0.1, -0.05) is 24.3 Å². The van der Waals surface area contributed by atoms with Crippen LogP contribution in [0.5, 0.6) is 0 Å². The molecule has 178 valence electrons. The summed E-state index contributed by atoms with van der Waals surface area (Å²) in [7, 11) is -0.392. The van der Waals surface area contributed by atoms with Crippen LogP contribution in [0.2, 0.25) is 0 Å². The number of benzene rings is 1. The van der Waals surface area contributed by atoms with Crippen LogP contribution in [0.1, 0.15) is 67.0 Å². The number of nitrogens with two attached hydrogens (primary N) is 1. The minimum absolute atomic E-state index is 0.374. The van der Waals surface area contributed by atoms with Crippen LogP contribution in [0.25, 0.3) is 11.3 Å². The van der Waals surface area contributed by atoms with Crippen molar-refractivity contribution in [1.82, 2.24) is 9.88 Å². The van der Waals surface area contributed by atoms with Crippen molar-refractivity contribution in [3.63, 3.8) is 0 Å². The number of nitrogens with one attached hydrogen (secondary N) is 1. The second-order valence-electron chi connectivity index (χ2n) is 11.2. The fraction of sp³-hybridized carbons (Fsp3) is 0.560. The zero-order valence-corrected chi connectivity index (χ0v) is 20.8. The summed E-state index contributed by atoms with van der Waals surface area (Å²) in [5.74, 6) is 0. The van der Waals surface area contributed by atoms with Gasteiger partial charge in [0, 0.05) is 12.2 Å². The van der Waals surface area contributed by atoms with Crippen molar-refractivity contribution < 1.29 is 18.8 Å². The molecule has 3 N–H and O–H groups in total. The summed E-state index contributed by atoms with van der Waals surface area (Å²) in [6, 6.07) is 12.1. The predicted molar refractivity (Wildman–Crippen MR) is 130 cm³/mol. The highest BCUT2D eigenvalue weighted by molar-refractivity contribution is 6.62. The van der Waals surface area contributed by atoms with Crippen molar-refractivity contribution in [2.75, 3.05) is 6.54 Å². The van der Waals surface area contributed by atoms with Crippen LogP contribution < -0.4 is 11.2 Å². The summed E-state index contributed by atoms with van der Waals surface area (Å²) in [6.07, 6.45) is 1.12. The van der Waals surface area contributed by atoms with Gasteiger partial charge in [-0.05, 0) is 84.5 Å². The fourth-order valence-corrected chi connectivity index (χ4v) is 4.31. The molecule has 33 heavy (non-hydrogen) atoms. The monoisotopic (exact) mass is 453 g/mol. The van der Waals surface area contributed by atoms with Crippen LogP contribution in [-0.4, -0.2) is 46.4 Å². The Balaban J connectivity index is 1.52. The quantitative estimate of drug-likeness (QED) is 0.683. The maximum absolute atomic E-state index is 12.8. The average Bonchev–Trinajstić information content (AvgIpc) is 3.38. The molecule has 0 spiro atoms. The van der Waals surface area contributed by atoms with E-state index in [1.807, 2.05) is 84.9 Å². The van der Waals surface area contributed by atoms with Crippen molar-refractivity contribution in [3.8, 4) is 11.3 Å². The smallest absolute Gasteiger partial charge is 0.444 e. The van der Waals surface area contributed by atoms with Crippen molar-refractivity contribution in [2.45, 2.75) is 83.8 Å². The molecule has 1 amide bonds. The van der Waals surface area contributed by atoms with Gasteiger partial charge in [0.15, 0.2) is 0 Å². The first-order chi connectivity index (χ1) is 15.2. The number of ether oxygens (including phenoxy) is 1. The molecule has 2 saturated heterocycles. The Kier molecular flexibility index (Phi) is 5.71. The van der Waals surface area contributed by atoms with Crippen LogP contribution in [0.15, 0.2) is 36.4 Å². The molecule has 4 rings (SSSR count). The first-order valence-electron chi connectivity index (χ1n) is 11.7. The Bertz CT molecular complexity index is 1010. The van der Waals surface area contributed by atoms with E-state index in [0.29, 0.717) is 13.0 Å². The fourth-order valence-electron chi connectivity index (χ4n) is 4.31. The van der Waals surface area contributed by atoms with Crippen LogP contribution in [-0.2, 0) is 19.7 Å². The van der Waals surface area contributed by atoms with Crippen LogP contribution in [0.4, 0.5) is 4.79 Å². The number of aromatic nitrogens is 1. The number of rotatable bonds is 3. The topological polar surface area (TPSA) is 89.8 Å². The predicted octanol–water partition coefficient (Wildman–Crippen LogP) is 4.12. The lowest BCUT2D eigenvalue weighted by Gasteiger charge is -2.35. The number of nitrogens with zero attached hydrogens (tertiary/aromatic N) is 1. The molecule has 7 nitrogen and oxygen atoms in total. The molecule has 2 aliphatic rings. The molecule has 2 fully saturated rings. The average molecular weight is 453 g/mol. The molecule has 8 heteroatoms. The van der Waals surface area contributed by atoms with E-state index in [4.69, 9.17) is 19.8 Å². The highest BCUT2D eigenvalue weighted by Crippen LogP contribution is 2.37. The van der Waals surface area contributed by atoms with Gasteiger partial charge in [-0.2, -0.15) is 0 Å². The first-order valence-corrected chi connectivity index (χ1v) is 11.7. The van der Waals surface area contributed by atoms with Gasteiger partial charge in [0.05, 0.1) is 16.9 Å². The Hall–Kier alpha value is -2.29. The minimum atomic E-state index is -0.913. The zero-order chi connectivity index (χ0) is 24.2. The van der Waals surface area contributed by atoms with Crippen molar-refractivity contribution >= 4 is 18.7 Å². The zero-order valence-electron chi connectivity index (χ0n) is 20.8. The third-order valence-electron chi connectivity index (χ3n) is 6.93. The van der Waals surface area contributed by atoms with E-state index in [2.05, 4.69) is 4.98 Å². The van der Waals surface area contributed by atoms with E-state index in [9.17, 15) is 4.79 Å². The number of H-pyrrole nitrogens is 1. The van der Waals surface area contributed by atoms with E-state index >= 15 is 0 Å². The molecular formula is C25H36BN3O4. The van der Waals surface area contributed by atoms with E-state index < -0.39 is 18.4 Å². The molecule has 1 aromatic carbocycles. The molecule has 0 bridgehead atoms. The number of carbonyl (C=O) groups is 1. The molecule has 3 heterocycles. The van der Waals surface area contributed by atoms with Gasteiger partial charge >= 0.3 is 13.2 Å². The lowest BCUT2D eigenvalue weighted by Crippen LogP contribution is -2.53. The third kappa shape index (κ3) is 4.44. The summed E-state index contributed by atoms with van der Waals surface area (Å²) in [5.41, 5.74) is 8.26. The molecule has 0 radical (unpaired) electrons. The molecule has 2 aromatic rings. The van der Waals surface area contributed by atoms with Gasteiger partial charge in [0.25, 0.3) is 0 Å². The van der Waals surface area contributed by atoms with E-state index in [-0.39, 0.29) is 17.3 Å². The Morgan fingerprint density at radius 1 is 1.06 bits per heavy atom. The highest BCUT2D eigenvalue weighted by Gasteiger charge is 2.51. The molecule has 0 unspecified atom stereocenters. The SMILES string of the molecule is CC(C)(C)OC(=O)N1CCC[C@@]1(N)c1ccc(-c2ccc(B3OC(C)(C)C(C)(C)O3)cc2)[nH]1. The summed E-state index contributed by atoms with van der Waals surface area (Å²) < 4.78 is 17.9. The number of amides is 1. The largest absolute Gasteiger partial charge is 0.494 e. The van der Waals surface area contributed by atoms with E-state index in [1.165, 1.54) is 0 Å². The van der Waals surface area contributed by atoms with Gasteiger partial charge in [-0.15, -0.1) is 0 Å². The molecule has 1 atom stereocenters. The lowest BCUT2D eigenvalue weighted by atomic mass is 9.79. The van der Waals surface area contributed by atoms with E-state index in [1.54, 1.807) is 4.90 Å². The number of aromatic amines is 1. The summed E-state index contributed by atoms with van der Waals surface area (Å²) >= 11 is 0. The second-order valence-corrected chi connectivity index (χ2v) is 11.2. The highest BCUT2D eigenvalue weighted by atomic mass is 16.7. The lowest BCUT2D eigenvalue weighted by molar-refractivity contribution is 0.00578. The second kappa shape index (κ2) is 7.89. The van der Waals surface area contributed by atoms with Crippen molar-refractivity contribution in [2.24, 2.45) is 5.73 Å². The van der Waals surface area contributed by atoms with Gasteiger partial charge < -0.3 is 24.8 Å². The van der Waals surface area contributed by atoms with Crippen LogP contribution in [0.3, 0.4) is 0 Å².